The number of hydrogen-bond acceptors (Lipinski definition) is 5. The molecule has 0 aliphatic heterocycles. The van der Waals surface area contributed by atoms with Crippen molar-refractivity contribution in [3.8, 4) is 11.5 Å². The van der Waals surface area contributed by atoms with E-state index in [2.05, 4.69) is 121 Å². The van der Waals surface area contributed by atoms with Crippen molar-refractivity contribution < 1.29 is 22.8 Å². The molecule has 5 nitrogen and oxygen atoms in total. The Hall–Kier alpha value is -1.22. The third kappa shape index (κ3) is 9.14. The van der Waals surface area contributed by atoms with Crippen LogP contribution in [-0.4, -0.2) is 11.5 Å². The van der Waals surface area contributed by atoms with Crippen molar-refractivity contribution in [3.63, 3.8) is 0 Å². The summed E-state index contributed by atoms with van der Waals surface area (Å²) in [7, 11) is -4.22. The predicted octanol–water partition coefficient (Wildman–Crippen LogP) is 10.5. The Labute approximate surface area is 241 Å². The van der Waals surface area contributed by atoms with Crippen LogP contribution in [0.2, 0.25) is 0 Å². The van der Waals surface area contributed by atoms with Crippen LogP contribution in [0.3, 0.4) is 0 Å². The second kappa shape index (κ2) is 12.3. The molecule has 2 rings (SSSR count). The highest BCUT2D eigenvalue weighted by molar-refractivity contribution is 7.55. The van der Waals surface area contributed by atoms with Gasteiger partial charge in [0, 0.05) is 11.1 Å². The Morgan fingerprint density at radius 3 is 1.26 bits per heavy atom. The molecule has 39 heavy (non-hydrogen) atoms. The van der Waals surface area contributed by atoms with Gasteiger partial charge in [-0.05, 0) is 64.7 Å². The molecule has 1 N–H and O–H groups in total. The zero-order valence-electron chi connectivity index (χ0n) is 27.0. The molecule has 0 saturated heterocycles. The van der Waals surface area contributed by atoms with Gasteiger partial charge < -0.3 is 18.5 Å². The third-order valence-corrected chi connectivity index (χ3v) is 8.84. The Kier molecular flexibility index (Phi) is 10.7. The summed E-state index contributed by atoms with van der Waals surface area (Å²) in [6.45, 7) is 32.6. The lowest BCUT2D eigenvalue weighted by Crippen LogP contribution is -2.19. The molecule has 7 heteroatoms. The fourth-order valence-electron chi connectivity index (χ4n) is 4.16. The van der Waals surface area contributed by atoms with Crippen molar-refractivity contribution in [3.05, 3.63) is 57.6 Å². The first kappa shape index (κ1) is 34.0. The molecule has 0 fully saturated rings. The second-order valence-electron chi connectivity index (χ2n) is 14.5. The van der Waals surface area contributed by atoms with Gasteiger partial charge in [-0.3, -0.25) is 0 Å². The van der Waals surface area contributed by atoms with E-state index < -0.39 is 17.2 Å². The molecular formula is C32H52O5P2. The molecule has 220 valence electrons. The first-order valence-electron chi connectivity index (χ1n) is 13.8. The average molecular weight is 579 g/mol. The first-order chi connectivity index (χ1) is 17.6. The smallest absolute Gasteiger partial charge is 0.417 e. The summed E-state index contributed by atoms with van der Waals surface area (Å²) in [5.74, 6) is 1.45. The van der Waals surface area contributed by atoms with Crippen molar-refractivity contribution in [1.82, 2.24) is 0 Å². The van der Waals surface area contributed by atoms with E-state index in [1.165, 1.54) is 11.1 Å². The minimum absolute atomic E-state index is 0.0110. The Bertz CT molecular complexity index is 1050. The first-order valence-corrected chi connectivity index (χ1v) is 16.1. The van der Waals surface area contributed by atoms with E-state index in [-0.39, 0.29) is 21.7 Å². The number of benzene rings is 2. The summed E-state index contributed by atoms with van der Waals surface area (Å²) < 4.78 is 24.6. The van der Waals surface area contributed by atoms with Crippen molar-refractivity contribution in [2.75, 3.05) is 6.61 Å². The van der Waals surface area contributed by atoms with Crippen molar-refractivity contribution >= 4 is 17.2 Å². The van der Waals surface area contributed by atoms with Crippen LogP contribution in [0.4, 0.5) is 0 Å². The van der Waals surface area contributed by atoms with Crippen LogP contribution >= 0.6 is 17.2 Å². The molecule has 1 unspecified atom stereocenters. The minimum Gasteiger partial charge on any atom is -0.417 e. The SMILES string of the molecule is CCOP(O)OP(Oc1c(C)cc(C(C)(C)C)cc1C(C)(C)C)Oc1c(C)cc(C(C)(C)C)cc1C(C)(C)C. The zero-order chi connectivity index (χ0) is 30.1. The molecule has 0 spiro atoms. The molecule has 0 aromatic heterocycles. The van der Waals surface area contributed by atoms with Gasteiger partial charge in [-0.15, -0.1) is 0 Å². The lowest BCUT2D eigenvalue weighted by Gasteiger charge is -2.31. The molecule has 0 bridgehead atoms. The van der Waals surface area contributed by atoms with Crippen LogP contribution in [0.5, 0.6) is 11.5 Å². The van der Waals surface area contributed by atoms with Crippen molar-refractivity contribution in [1.29, 1.82) is 0 Å². The van der Waals surface area contributed by atoms with E-state index in [0.29, 0.717) is 6.61 Å². The number of rotatable bonds is 8. The van der Waals surface area contributed by atoms with Crippen LogP contribution in [0.25, 0.3) is 0 Å². The van der Waals surface area contributed by atoms with Gasteiger partial charge in [-0.1, -0.05) is 107 Å². The molecule has 0 amide bonds. The summed E-state index contributed by atoms with van der Waals surface area (Å²) in [6, 6.07) is 8.80. The average Bonchev–Trinajstić information content (AvgIpc) is 2.73. The maximum Gasteiger partial charge on any atom is 0.470 e. The van der Waals surface area contributed by atoms with Gasteiger partial charge in [0.15, 0.2) is 0 Å². The van der Waals surface area contributed by atoms with E-state index in [0.717, 1.165) is 33.8 Å². The quantitative estimate of drug-likeness (QED) is 0.316. The lowest BCUT2D eigenvalue weighted by molar-refractivity contribution is 0.261. The van der Waals surface area contributed by atoms with Gasteiger partial charge in [-0.25, -0.2) is 4.31 Å². The molecule has 0 radical (unpaired) electrons. The van der Waals surface area contributed by atoms with Gasteiger partial charge in [0.05, 0.1) is 6.61 Å². The zero-order valence-corrected chi connectivity index (χ0v) is 28.8. The third-order valence-electron chi connectivity index (χ3n) is 6.61. The normalized spacial score (nSPS) is 14.1. The fourth-order valence-corrected chi connectivity index (χ4v) is 6.11. The van der Waals surface area contributed by atoms with Crippen LogP contribution in [0.15, 0.2) is 24.3 Å². The highest BCUT2D eigenvalue weighted by Crippen LogP contribution is 2.56. The fraction of sp³-hybridized carbons (Fsp3) is 0.625. The summed E-state index contributed by atoms with van der Waals surface area (Å²) in [4.78, 5) is 10.6. The standard InChI is InChI=1S/C32H52O5P2/c1-16-34-38(33)37-39(35-27-21(2)17-23(29(4,5)6)19-25(27)31(10,11)12)36-28-22(3)18-24(30(7,8)9)20-26(28)32(13,14)15/h17-20,33H,16H2,1-15H3. The number of aryl methyl sites for hydroxylation is 2. The van der Waals surface area contributed by atoms with Crippen LogP contribution in [0.1, 0.15) is 123 Å². The van der Waals surface area contributed by atoms with Gasteiger partial charge in [0.1, 0.15) is 11.5 Å². The molecule has 0 saturated carbocycles. The van der Waals surface area contributed by atoms with Crippen LogP contribution in [0, 0.1) is 13.8 Å². The largest absolute Gasteiger partial charge is 0.470 e. The maximum absolute atomic E-state index is 10.6. The molecule has 2 aromatic rings. The van der Waals surface area contributed by atoms with Crippen molar-refractivity contribution in [2.45, 2.75) is 126 Å². The predicted molar refractivity (Wildman–Crippen MR) is 167 cm³/mol. The summed E-state index contributed by atoms with van der Waals surface area (Å²) in [5, 5.41) is 0. The van der Waals surface area contributed by atoms with E-state index in [4.69, 9.17) is 17.9 Å². The molecule has 2 aromatic carbocycles. The van der Waals surface area contributed by atoms with Gasteiger partial charge >= 0.3 is 17.2 Å². The van der Waals surface area contributed by atoms with Crippen molar-refractivity contribution in [2.24, 2.45) is 0 Å². The molecule has 1 atom stereocenters. The van der Waals surface area contributed by atoms with Crippen LogP contribution in [-0.2, 0) is 30.5 Å². The molecule has 0 aliphatic rings. The Balaban J connectivity index is 2.69. The minimum atomic E-state index is -2.18. The highest BCUT2D eigenvalue weighted by Gasteiger charge is 2.33. The van der Waals surface area contributed by atoms with Gasteiger partial charge in [-0.2, -0.15) is 0 Å². The molecule has 0 aliphatic carbocycles. The van der Waals surface area contributed by atoms with E-state index in [9.17, 15) is 4.89 Å². The van der Waals surface area contributed by atoms with E-state index in [1.807, 2.05) is 6.92 Å². The maximum atomic E-state index is 10.6. The number of hydrogen-bond donors (Lipinski definition) is 1. The monoisotopic (exact) mass is 578 g/mol. The Morgan fingerprint density at radius 1 is 0.615 bits per heavy atom. The van der Waals surface area contributed by atoms with Gasteiger partial charge in [0.25, 0.3) is 0 Å². The molecular weight excluding hydrogens is 526 g/mol. The lowest BCUT2D eigenvalue weighted by atomic mass is 9.79. The second-order valence-corrected chi connectivity index (χ2v) is 16.7. The van der Waals surface area contributed by atoms with E-state index in [1.54, 1.807) is 0 Å². The Morgan fingerprint density at radius 2 is 0.974 bits per heavy atom. The van der Waals surface area contributed by atoms with Crippen LogP contribution < -0.4 is 9.05 Å². The highest BCUT2D eigenvalue weighted by atomic mass is 31.2. The summed E-state index contributed by atoms with van der Waals surface area (Å²) in [5.41, 5.74) is 6.23. The molecule has 0 heterocycles. The van der Waals surface area contributed by atoms with Gasteiger partial charge in [0.2, 0.25) is 0 Å². The summed E-state index contributed by atoms with van der Waals surface area (Å²) >= 11 is 0. The summed E-state index contributed by atoms with van der Waals surface area (Å²) in [6.07, 6.45) is 0. The van der Waals surface area contributed by atoms with E-state index >= 15 is 0 Å². The topological polar surface area (TPSA) is 57.2 Å².